The highest BCUT2D eigenvalue weighted by atomic mass is 19.1. The number of H-pyrrole nitrogens is 1. The van der Waals surface area contributed by atoms with Crippen LogP contribution in [-0.2, 0) is 4.74 Å². The average Bonchev–Trinajstić information content (AvgIpc) is 3.31. The molecule has 32 heavy (non-hydrogen) atoms. The lowest BCUT2D eigenvalue weighted by Gasteiger charge is -2.35. The predicted octanol–water partition coefficient (Wildman–Crippen LogP) is 3.30. The maximum Gasteiger partial charge on any atom is 0.275 e. The van der Waals surface area contributed by atoms with Crippen LogP contribution in [-0.4, -0.2) is 44.3 Å². The van der Waals surface area contributed by atoms with Crippen molar-refractivity contribution in [2.45, 2.75) is 58.4 Å². The largest absolute Gasteiger partial charge is 0.357 e. The molecule has 8 nitrogen and oxygen atoms in total. The van der Waals surface area contributed by atoms with E-state index in [0.717, 1.165) is 25.0 Å². The van der Waals surface area contributed by atoms with Crippen molar-refractivity contribution in [2.75, 3.05) is 11.9 Å². The van der Waals surface area contributed by atoms with Gasteiger partial charge in [-0.25, -0.2) is 13.9 Å². The number of epoxide rings is 1. The number of hydrogen-bond acceptors (Lipinski definition) is 5. The SMILES string of the molecule is Cc1nc2cc(C3CCCCN3C(=O)c3cc(F)ccc3NC3OC3C)[nH]n2c(=O)c1C. The minimum atomic E-state index is -0.468. The second-order valence-electron chi connectivity index (χ2n) is 8.64. The predicted molar refractivity (Wildman–Crippen MR) is 117 cm³/mol. The molecule has 0 radical (unpaired) electrons. The maximum absolute atomic E-state index is 14.1. The highest BCUT2D eigenvalue weighted by Gasteiger charge is 2.36. The van der Waals surface area contributed by atoms with Crippen LogP contribution in [0.4, 0.5) is 10.1 Å². The van der Waals surface area contributed by atoms with Crippen LogP contribution >= 0.6 is 0 Å². The summed E-state index contributed by atoms with van der Waals surface area (Å²) in [5.41, 5.74) is 3.22. The van der Waals surface area contributed by atoms with E-state index in [1.165, 1.54) is 16.6 Å². The molecule has 2 aliphatic rings. The second kappa shape index (κ2) is 7.74. The molecule has 0 aliphatic carbocycles. The number of carbonyl (C=O) groups is 1. The van der Waals surface area contributed by atoms with E-state index in [1.54, 1.807) is 17.9 Å². The highest BCUT2D eigenvalue weighted by Crippen LogP contribution is 2.34. The van der Waals surface area contributed by atoms with Gasteiger partial charge in [0.1, 0.15) is 11.9 Å². The molecule has 3 aromatic rings. The van der Waals surface area contributed by atoms with Gasteiger partial charge in [0, 0.05) is 29.6 Å². The quantitative estimate of drug-likeness (QED) is 0.609. The van der Waals surface area contributed by atoms with E-state index in [4.69, 9.17) is 4.74 Å². The zero-order chi connectivity index (χ0) is 22.6. The molecule has 2 N–H and O–H groups in total. The average molecular weight is 439 g/mol. The third kappa shape index (κ3) is 3.56. The molecule has 4 heterocycles. The van der Waals surface area contributed by atoms with Crippen LogP contribution in [0.25, 0.3) is 5.65 Å². The minimum Gasteiger partial charge on any atom is -0.357 e. The summed E-state index contributed by atoms with van der Waals surface area (Å²) in [4.78, 5) is 32.5. The lowest BCUT2D eigenvalue weighted by Crippen LogP contribution is -2.39. The number of nitrogens with zero attached hydrogens (tertiary/aromatic N) is 3. The molecule has 1 aromatic carbocycles. The number of anilines is 1. The van der Waals surface area contributed by atoms with Gasteiger partial charge in [0.2, 0.25) is 0 Å². The van der Waals surface area contributed by atoms with Gasteiger partial charge in [-0.15, -0.1) is 0 Å². The molecule has 9 heteroatoms. The Balaban J connectivity index is 1.51. The van der Waals surface area contributed by atoms with Crippen LogP contribution in [0.3, 0.4) is 0 Å². The molecule has 0 saturated carbocycles. The highest BCUT2D eigenvalue weighted by molar-refractivity contribution is 6.00. The molecule has 2 aliphatic heterocycles. The van der Waals surface area contributed by atoms with Gasteiger partial charge in [0.25, 0.3) is 11.5 Å². The Hall–Kier alpha value is -3.20. The molecule has 0 spiro atoms. The van der Waals surface area contributed by atoms with Crippen LogP contribution in [0.1, 0.15) is 59.5 Å². The number of hydrogen-bond donors (Lipinski definition) is 2. The first-order valence-electron chi connectivity index (χ1n) is 10.9. The van der Waals surface area contributed by atoms with Gasteiger partial charge < -0.3 is 15.0 Å². The van der Waals surface area contributed by atoms with Crippen molar-refractivity contribution in [3.63, 3.8) is 0 Å². The number of ether oxygens (including phenoxy) is 1. The Bertz CT molecular complexity index is 1270. The molecule has 3 unspecified atom stereocenters. The molecular weight excluding hydrogens is 413 g/mol. The van der Waals surface area contributed by atoms with Crippen molar-refractivity contribution in [3.05, 3.63) is 63.0 Å². The van der Waals surface area contributed by atoms with Crippen molar-refractivity contribution in [1.29, 1.82) is 0 Å². The van der Waals surface area contributed by atoms with Crippen LogP contribution in [0, 0.1) is 19.7 Å². The zero-order valence-corrected chi connectivity index (χ0v) is 18.3. The van der Waals surface area contributed by atoms with E-state index < -0.39 is 5.82 Å². The Morgan fingerprint density at radius 3 is 2.81 bits per heavy atom. The summed E-state index contributed by atoms with van der Waals surface area (Å²) in [5, 5.41) is 6.33. The topological polar surface area (TPSA) is 95.0 Å². The zero-order valence-electron chi connectivity index (χ0n) is 18.3. The van der Waals surface area contributed by atoms with Crippen LogP contribution in [0.5, 0.6) is 0 Å². The maximum atomic E-state index is 14.1. The van der Waals surface area contributed by atoms with Gasteiger partial charge >= 0.3 is 0 Å². The number of rotatable bonds is 4. The fourth-order valence-corrected chi connectivity index (χ4v) is 4.37. The molecule has 5 rings (SSSR count). The lowest BCUT2D eigenvalue weighted by atomic mass is 9.97. The summed E-state index contributed by atoms with van der Waals surface area (Å²) in [6.45, 7) is 6.03. The van der Waals surface area contributed by atoms with Crippen molar-refractivity contribution in [2.24, 2.45) is 0 Å². The van der Waals surface area contributed by atoms with Crippen LogP contribution < -0.4 is 10.9 Å². The molecule has 168 valence electrons. The number of piperidine rings is 1. The summed E-state index contributed by atoms with van der Waals surface area (Å²) in [7, 11) is 0. The monoisotopic (exact) mass is 439 g/mol. The van der Waals surface area contributed by atoms with Gasteiger partial charge in [0.15, 0.2) is 11.9 Å². The van der Waals surface area contributed by atoms with Gasteiger partial charge in [-0.05, 0) is 58.2 Å². The number of amides is 1. The molecule has 2 saturated heterocycles. The smallest absolute Gasteiger partial charge is 0.275 e. The number of likely N-dealkylation sites (tertiary alicyclic amines) is 1. The minimum absolute atomic E-state index is 0.0508. The Morgan fingerprint density at radius 2 is 2.06 bits per heavy atom. The Kier molecular flexibility index (Phi) is 5.00. The van der Waals surface area contributed by atoms with Crippen LogP contribution in [0.2, 0.25) is 0 Å². The summed E-state index contributed by atoms with van der Waals surface area (Å²) in [6, 6.07) is 5.75. The van der Waals surface area contributed by atoms with Gasteiger partial charge in [0.05, 0.1) is 17.3 Å². The van der Waals surface area contributed by atoms with E-state index in [9.17, 15) is 14.0 Å². The summed E-state index contributed by atoms with van der Waals surface area (Å²) >= 11 is 0. The number of aryl methyl sites for hydroxylation is 1. The Labute approximate surface area is 184 Å². The van der Waals surface area contributed by atoms with Crippen molar-refractivity contribution < 1.29 is 13.9 Å². The van der Waals surface area contributed by atoms with Crippen molar-refractivity contribution in [1.82, 2.24) is 19.5 Å². The molecule has 1 amide bonds. The van der Waals surface area contributed by atoms with E-state index in [1.807, 2.05) is 19.9 Å². The fraction of sp³-hybridized carbons (Fsp3) is 0.435. The molecule has 2 aromatic heterocycles. The second-order valence-corrected chi connectivity index (χ2v) is 8.64. The van der Waals surface area contributed by atoms with Crippen molar-refractivity contribution in [3.8, 4) is 0 Å². The first-order valence-corrected chi connectivity index (χ1v) is 10.9. The fourth-order valence-electron chi connectivity index (χ4n) is 4.37. The summed E-state index contributed by atoms with van der Waals surface area (Å²) < 4.78 is 20.9. The third-order valence-corrected chi connectivity index (χ3v) is 6.45. The normalized spacial score (nSPS) is 22.9. The van der Waals surface area contributed by atoms with E-state index in [2.05, 4.69) is 15.4 Å². The third-order valence-electron chi connectivity index (χ3n) is 6.45. The molecule has 0 bridgehead atoms. The van der Waals surface area contributed by atoms with Gasteiger partial charge in [-0.1, -0.05) is 0 Å². The molecular formula is C23H26FN5O3. The van der Waals surface area contributed by atoms with Crippen LogP contribution in [0.15, 0.2) is 29.1 Å². The number of halogens is 1. The number of carbonyl (C=O) groups excluding carboxylic acids is 1. The number of benzene rings is 1. The van der Waals surface area contributed by atoms with Crippen molar-refractivity contribution >= 4 is 17.2 Å². The first kappa shape index (κ1) is 20.7. The lowest BCUT2D eigenvalue weighted by molar-refractivity contribution is 0.0606. The Morgan fingerprint density at radius 1 is 1.28 bits per heavy atom. The van der Waals surface area contributed by atoms with E-state index >= 15 is 0 Å². The van der Waals surface area contributed by atoms with Gasteiger partial charge in [-0.3, -0.25) is 14.7 Å². The molecule has 3 atom stereocenters. The van der Waals surface area contributed by atoms with E-state index in [-0.39, 0.29) is 35.4 Å². The summed E-state index contributed by atoms with van der Waals surface area (Å²) in [5.74, 6) is -0.721. The number of nitrogens with one attached hydrogen (secondary N) is 2. The van der Waals surface area contributed by atoms with Gasteiger partial charge in [-0.2, -0.15) is 0 Å². The number of aromatic amines is 1. The first-order chi connectivity index (χ1) is 15.3. The summed E-state index contributed by atoms with van der Waals surface area (Å²) in [6.07, 6.45) is 2.43. The number of fused-ring (bicyclic) bond motifs is 1. The van der Waals surface area contributed by atoms with E-state index in [0.29, 0.717) is 29.1 Å². The molecule has 2 fully saturated rings. The standard InChI is InChI=1S/C23H26FN5O3/c1-12-13(2)25-20-11-18(27-29(20)22(12)30)19-6-4-5-9-28(19)23(31)16-10-15(24)7-8-17(16)26-21-14(3)32-21/h7-8,10-11,14,19,21,26-27H,4-6,9H2,1-3H3. The number of aromatic nitrogens is 3.